The van der Waals surface area contributed by atoms with Crippen molar-refractivity contribution in [2.45, 2.75) is 38.1 Å². The van der Waals surface area contributed by atoms with Crippen LogP contribution in [-0.2, 0) is 28.6 Å². The molecule has 3 amide bonds. The van der Waals surface area contributed by atoms with E-state index in [0.29, 0.717) is 11.3 Å². The lowest BCUT2D eigenvalue weighted by molar-refractivity contribution is -0.139. The number of aliphatic carboxylic acids is 3. The predicted molar refractivity (Wildman–Crippen MR) is 105 cm³/mol. The first kappa shape index (κ1) is 29.0. The maximum absolute atomic E-state index is 12.6. The second-order valence-corrected chi connectivity index (χ2v) is 6.73. The largest absolute Gasteiger partial charge is 0.481 e. The van der Waals surface area contributed by atoms with E-state index in [1.807, 2.05) is 0 Å². The Balaban J connectivity index is 5.52. The van der Waals surface area contributed by atoms with E-state index in [9.17, 15) is 29.1 Å². The van der Waals surface area contributed by atoms with Crippen molar-refractivity contribution in [3.63, 3.8) is 0 Å². The molecule has 0 atom stereocenters. The van der Waals surface area contributed by atoms with Gasteiger partial charge >= 0.3 is 30.0 Å². The summed E-state index contributed by atoms with van der Waals surface area (Å²) in [6.45, 7) is -0.284. The van der Waals surface area contributed by atoms with Crippen LogP contribution >= 0.6 is 0 Å². The third-order valence-corrected chi connectivity index (χ3v) is 3.81. The Morgan fingerprint density at radius 2 is 1.12 bits per heavy atom. The third kappa shape index (κ3) is 13.4. The van der Waals surface area contributed by atoms with Crippen LogP contribution in [-0.4, -0.2) is 107 Å². The summed E-state index contributed by atoms with van der Waals surface area (Å²) in [6.07, 6.45) is -2.21. The van der Waals surface area contributed by atoms with Gasteiger partial charge in [-0.3, -0.25) is 14.4 Å². The van der Waals surface area contributed by atoms with Gasteiger partial charge < -0.3 is 40.0 Å². The summed E-state index contributed by atoms with van der Waals surface area (Å²) in [5.41, 5.74) is -1.55. The second kappa shape index (κ2) is 15.8. The molecule has 0 heterocycles. The smallest absolute Gasteiger partial charge is 0.415 e. The summed E-state index contributed by atoms with van der Waals surface area (Å²) in [5, 5.41) is 38.0. The van der Waals surface area contributed by atoms with Crippen LogP contribution in [0.5, 0.6) is 0 Å². The number of carbonyl (C=O) groups is 5. The molecule has 184 valence electrons. The predicted octanol–water partition coefficient (Wildman–Crippen LogP) is 0.299. The Morgan fingerprint density at radius 3 is 1.41 bits per heavy atom. The number of urea groups is 1. The van der Waals surface area contributed by atoms with E-state index in [0.717, 1.165) is 0 Å². The van der Waals surface area contributed by atoms with Crippen molar-refractivity contribution in [3.8, 4) is 0 Å². The molecule has 0 aromatic heterocycles. The summed E-state index contributed by atoms with van der Waals surface area (Å²) in [7, 11) is 0. The molecule has 0 bridgehead atoms. The Bertz CT molecular complexity index is 584. The number of carboxylic acid groups (broad SMARTS) is 4. The maximum Gasteiger partial charge on any atom is 0.415 e. The lowest BCUT2D eigenvalue weighted by atomic mass is 10.0. The molecule has 0 aromatic rings. The van der Waals surface area contributed by atoms with Gasteiger partial charge in [0.25, 0.3) is 0 Å². The lowest BCUT2D eigenvalue weighted by Crippen LogP contribution is -2.62. The minimum absolute atomic E-state index is 0.114. The zero-order valence-corrected chi connectivity index (χ0v) is 17.8. The zero-order valence-electron chi connectivity index (χ0n) is 17.8. The van der Waals surface area contributed by atoms with E-state index in [4.69, 9.17) is 29.5 Å². The minimum atomic E-state index is -1.55. The molecular weight excluding hydrogens is 436 g/mol. The van der Waals surface area contributed by atoms with Crippen molar-refractivity contribution in [1.82, 2.24) is 10.2 Å². The molecule has 0 aliphatic carbocycles. The molecule has 0 spiro atoms. The molecule has 0 aliphatic rings. The average molecular weight is 466 g/mol. The molecule has 0 saturated heterocycles. The highest BCUT2D eigenvalue weighted by molar-refractivity contribution is 5.90. The molecule has 0 unspecified atom stereocenters. The number of carbonyl (C=O) groups excluding carboxylic acids is 1. The summed E-state index contributed by atoms with van der Waals surface area (Å²) < 4.78 is 15.9. The number of amides is 3. The number of hydrogen-bond acceptors (Lipinski definition) is 8. The number of imide groups is 1. The molecule has 14 nitrogen and oxygen atoms in total. The van der Waals surface area contributed by atoms with E-state index in [1.54, 1.807) is 6.92 Å². The first-order valence-electron chi connectivity index (χ1n) is 9.74. The van der Waals surface area contributed by atoms with Gasteiger partial charge in [-0.25, -0.2) is 14.5 Å². The maximum atomic E-state index is 12.6. The Hall–Kier alpha value is -2.97. The van der Waals surface area contributed by atoms with Crippen LogP contribution in [0.15, 0.2) is 0 Å². The highest BCUT2D eigenvalue weighted by atomic mass is 16.5. The number of ether oxygens (including phenoxy) is 3. The van der Waals surface area contributed by atoms with Gasteiger partial charge in [0.2, 0.25) is 0 Å². The summed E-state index contributed by atoms with van der Waals surface area (Å²) in [4.78, 5) is 56.6. The summed E-state index contributed by atoms with van der Waals surface area (Å²) in [6, 6.07) is -1.02. The third-order valence-electron chi connectivity index (χ3n) is 3.81. The number of nitrogens with zero attached hydrogens (tertiary/aromatic N) is 1. The first-order chi connectivity index (χ1) is 15.0. The van der Waals surface area contributed by atoms with E-state index >= 15 is 0 Å². The SMILES string of the molecule is CCCN(C(=O)O)C(=O)NC(COCCC(=O)O)(COCCC(=O)O)COCCC(=O)O. The van der Waals surface area contributed by atoms with Gasteiger partial charge in [0.15, 0.2) is 0 Å². The average Bonchev–Trinajstić information content (AvgIpc) is 2.69. The van der Waals surface area contributed by atoms with Gasteiger partial charge in [-0.1, -0.05) is 6.92 Å². The van der Waals surface area contributed by atoms with E-state index in [1.165, 1.54) is 0 Å². The van der Waals surface area contributed by atoms with Crippen molar-refractivity contribution in [2.24, 2.45) is 0 Å². The Morgan fingerprint density at radius 1 is 0.750 bits per heavy atom. The van der Waals surface area contributed by atoms with Crippen LogP contribution in [0.2, 0.25) is 0 Å². The van der Waals surface area contributed by atoms with Crippen LogP contribution in [0.4, 0.5) is 9.59 Å². The fraction of sp³-hybridized carbons (Fsp3) is 0.722. The number of rotatable bonds is 18. The molecule has 5 N–H and O–H groups in total. The lowest BCUT2D eigenvalue weighted by Gasteiger charge is -2.35. The number of carboxylic acids is 3. The second-order valence-electron chi connectivity index (χ2n) is 6.73. The fourth-order valence-electron chi connectivity index (χ4n) is 2.32. The Kier molecular flexibility index (Phi) is 14.3. The topological polar surface area (TPSA) is 209 Å². The van der Waals surface area contributed by atoms with Gasteiger partial charge in [0, 0.05) is 6.54 Å². The quantitative estimate of drug-likeness (QED) is 0.173. The minimum Gasteiger partial charge on any atom is -0.481 e. The van der Waals surface area contributed by atoms with Gasteiger partial charge in [0.1, 0.15) is 5.54 Å². The fourth-order valence-corrected chi connectivity index (χ4v) is 2.32. The molecule has 32 heavy (non-hydrogen) atoms. The van der Waals surface area contributed by atoms with Crippen LogP contribution in [0.1, 0.15) is 32.6 Å². The molecule has 0 radical (unpaired) electrons. The van der Waals surface area contributed by atoms with Gasteiger partial charge in [-0.2, -0.15) is 0 Å². The molecule has 0 saturated carbocycles. The standard InChI is InChI=1S/C18H30N2O12/c1-2-6-20(17(28)29)16(27)19-18(10-30-7-3-13(21)22,11-31-8-4-14(23)24)12-32-9-5-15(25)26/h2-12H2,1H3,(H,19,27)(H,21,22)(H,23,24)(H,25,26)(H,28,29). The monoisotopic (exact) mass is 466 g/mol. The first-order valence-corrected chi connectivity index (χ1v) is 9.74. The van der Waals surface area contributed by atoms with Gasteiger partial charge in [-0.05, 0) is 6.42 Å². The van der Waals surface area contributed by atoms with Crippen molar-refractivity contribution < 1.29 is 58.6 Å². The molecular formula is C18H30N2O12. The summed E-state index contributed by atoms with van der Waals surface area (Å²) >= 11 is 0. The number of hydrogen-bond donors (Lipinski definition) is 5. The van der Waals surface area contributed by atoms with Crippen LogP contribution in [0, 0.1) is 0 Å². The number of nitrogens with one attached hydrogen (secondary N) is 1. The van der Waals surface area contributed by atoms with Crippen LogP contribution in [0.3, 0.4) is 0 Å². The zero-order chi connectivity index (χ0) is 24.6. The molecule has 0 aromatic carbocycles. The van der Waals surface area contributed by atoms with Crippen molar-refractivity contribution in [3.05, 3.63) is 0 Å². The normalized spacial score (nSPS) is 11.0. The van der Waals surface area contributed by atoms with Crippen LogP contribution < -0.4 is 5.32 Å². The molecule has 0 fully saturated rings. The van der Waals surface area contributed by atoms with Gasteiger partial charge in [0.05, 0.1) is 58.9 Å². The highest BCUT2D eigenvalue weighted by Gasteiger charge is 2.36. The molecule has 14 heteroatoms. The summed E-state index contributed by atoms with van der Waals surface area (Å²) in [5.74, 6) is -3.39. The van der Waals surface area contributed by atoms with E-state index < -0.39 is 35.6 Å². The van der Waals surface area contributed by atoms with Gasteiger partial charge in [-0.15, -0.1) is 0 Å². The van der Waals surface area contributed by atoms with Crippen LogP contribution in [0.25, 0.3) is 0 Å². The molecule has 0 rings (SSSR count). The van der Waals surface area contributed by atoms with E-state index in [-0.39, 0.29) is 65.4 Å². The van der Waals surface area contributed by atoms with Crippen molar-refractivity contribution >= 4 is 30.0 Å². The van der Waals surface area contributed by atoms with Crippen molar-refractivity contribution in [1.29, 1.82) is 0 Å². The highest BCUT2D eigenvalue weighted by Crippen LogP contribution is 2.12. The molecule has 0 aliphatic heterocycles. The van der Waals surface area contributed by atoms with Crippen molar-refractivity contribution in [2.75, 3.05) is 46.2 Å². The Labute approximate surface area is 184 Å². The van der Waals surface area contributed by atoms with E-state index in [2.05, 4.69) is 5.32 Å².